The van der Waals surface area contributed by atoms with Crippen LogP contribution in [-0.2, 0) is 6.42 Å². The van der Waals surface area contributed by atoms with Crippen LogP contribution in [0.5, 0.6) is 0 Å². The zero-order valence-corrected chi connectivity index (χ0v) is 10.2. The van der Waals surface area contributed by atoms with Crippen LogP contribution in [0.15, 0.2) is 0 Å². The van der Waals surface area contributed by atoms with Gasteiger partial charge in [0.2, 0.25) is 5.13 Å². The number of aryl methyl sites for hydroxylation is 1. The lowest BCUT2D eigenvalue weighted by atomic mass is 10.2. The van der Waals surface area contributed by atoms with Gasteiger partial charge in [-0.25, -0.2) is 4.79 Å². The summed E-state index contributed by atoms with van der Waals surface area (Å²) >= 11 is 1.36. The van der Waals surface area contributed by atoms with E-state index in [9.17, 15) is 4.79 Å². The van der Waals surface area contributed by atoms with Crippen molar-refractivity contribution in [1.29, 1.82) is 0 Å². The highest BCUT2D eigenvalue weighted by Crippen LogP contribution is 2.14. The molecule has 0 aliphatic carbocycles. The number of aromatic nitrogens is 2. The first-order chi connectivity index (χ1) is 7.65. The summed E-state index contributed by atoms with van der Waals surface area (Å²) in [5.41, 5.74) is 0. The highest BCUT2D eigenvalue weighted by atomic mass is 32.1. The number of nitrogens with one attached hydrogen (secondary N) is 2. The van der Waals surface area contributed by atoms with E-state index in [4.69, 9.17) is 5.11 Å². The number of urea groups is 1. The number of aliphatic hydroxyl groups is 1. The van der Waals surface area contributed by atoms with Crippen molar-refractivity contribution >= 4 is 22.5 Å². The summed E-state index contributed by atoms with van der Waals surface area (Å²) in [5.74, 6) is 0. The molecule has 7 heteroatoms. The fourth-order valence-electron chi connectivity index (χ4n) is 1.07. The van der Waals surface area contributed by atoms with Gasteiger partial charge in [-0.3, -0.25) is 5.32 Å². The lowest BCUT2D eigenvalue weighted by molar-refractivity contribution is 0.241. The number of nitrogens with zero attached hydrogens (tertiary/aromatic N) is 2. The van der Waals surface area contributed by atoms with Crippen LogP contribution in [0.1, 0.15) is 25.3 Å². The number of hydrogen-bond donors (Lipinski definition) is 3. The maximum Gasteiger partial charge on any atom is 0.321 e. The van der Waals surface area contributed by atoms with Crippen molar-refractivity contribution in [3.05, 3.63) is 5.01 Å². The molecule has 0 aromatic carbocycles. The summed E-state index contributed by atoms with van der Waals surface area (Å²) in [5, 5.41) is 23.1. The fourth-order valence-corrected chi connectivity index (χ4v) is 1.74. The zero-order valence-electron chi connectivity index (χ0n) is 9.36. The van der Waals surface area contributed by atoms with Crippen LogP contribution < -0.4 is 10.6 Å². The normalized spacial score (nSPS) is 12.2. The van der Waals surface area contributed by atoms with E-state index < -0.39 is 0 Å². The Morgan fingerprint density at radius 3 is 2.88 bits per heavy atom. The molecule has 0 bridgehead atoms. The number of rotatable bonds is 5. The predicted molar refractivity (Wildman–Crippen MR) is 62.6 cm³/mol. The van der Waals surface area contributed by atoms with Crippen molar-refractivity contribution in [2.75, 3.05) is 11.9 Å². The van der Waals surface area contributed by atoms with E-state index in [0.29, 0.717) is 11.6 Å². The number of hydrogen-bond acceptors (Lipinski definition) is 5. The Morgan fingerprint density at radius 1 is 1.56 bits per heavy atom. The summed E-state index contributed by atoms with van der Waals surface area (Å²) in [4.78, 5) is 11.4. The second-order valence-electron chi connectivity index (χ2n) is 3.37. The van der Waals surface area contributed by atoms with Crippen LogP contribution in [0, 0.1) is 0 Å². The minimum Gasteiger partial charge on any atom is -0.396 e. The molecule has 6 nitrogen and oxygen atoms in total. The first-order valence-corrected chi connectivity index (χ1v) is 5.98. The Kier molecular flexibility index (Phi) is 5.13. The number of aliphatic hydroxyl groups excluding tert-OH is 1. The van der Waals surface area contributed by atoms with Gasteiger partial charge >= 0.3 is 6.03 Å². The molecule has 0 spiro atoms. The van der Waals surface area contributed by atoms with E-state index >= 15 is 0 Å². The van der Waals surface area contributed by atoms with Crippen molar-refractivity contribution in [1.82, 2.24) is 15.5 Å². The summed E-state index contributed by atoms with van der Waals surface area (Å²) in [6, 6.07) is -0.386. The quantitative estimate of drug-likeness (QED) is 0.721. The average Bonchev–Trinajstić information content (AvgIpc) is 2.65. The van der Waals surface area contributed by atoms with Crippen LogP contribution in [0.4, 0.5) is 9.93 Å². The third-order valence-electron chi connectivity index (χ3n) is 1.93. The van der Waals surface area contributed by atoms with Gasteiger partial charge in [0.25, 0.3) is 0 Å². The lowest BCUT2D eigenvalue weighted by Gasteiger charge is -2.11. The summed E-state index contributed by atoms with van der Waals surface area (Å²) in [6.07, 6.45) is 1.34. The molecule has 1 aromatic heterocycles. The van der Waals surface area contributed by atoms with Crippen LogP contribution in [0.2, 0.25) is 0 Å². The first kappa shape index (κ1) is 12.9. The Labute approximate surface area is 98.1 Å². The van der Waals surface area contributed by atoms with Crippen LogP contribution >= 0.6 is 11.3 Å². The van der Waals surface area contributed by atoms with E-state index in [2.05, 4.69) is 20.8 Å². The molecule has 0 radical (unpaired) electrons. The third-order valence-corrected chi connectivity index (χ3v) is 2.91. The van der Waals surface area contributed by atoms with E-state index in [-0.39, 0.29) is 18.7 Å². The predicted octanol–water partition coefficient (Wildman–Crippen LogP) is 0.993. The van der Waals surface area contributed by atoms with Gasteiger partial charge in [-0.05, 0) is 19.8 Å². The fraction of sp³-hybridized carbons (Fsp3) is 0.667. The van der Waals surface area contributed by atoms with E-state index in [0.717, 1.165) is 11.4 Å². The third kappa shape index (κ3) is 4.11. The van der Waals surface area contributed by atoms with Gasteiger partial charge in [-0.15, -0.1) is 10.2 Å². The van der Waals surface area contributed by atoms with E-state index in [1.165, 1.54) is 11.3 Å². The number of amides is 2. The zero-order chi connectivity index (χ0) is 12.0. The second-order valence-corrected chi connectivity index (χ2v) is 4.43. The van der Waals surface area contributed by atoms with Crippen LogP contribution in [0.3, 0.4) is 0 Å². The lowest BCUT2D eigenvalue weighted by Crippen LogP contribution is -2.36. The molecule has 1 rings (SSSR count). The van der Waals surface area contributed by atoms with Gasteiger partial charge in [0.1, 0.15) is 5.01 Å². The van der Waals surface area contributed by atoms with Gasteiger partial charge < -0.3 is 10.4 Å². The van der Waals surface area contributed by atoms with E-state index in [1.54, 1.807) is 0 Å². The summed E-state index contributed by atoms with van der Waals surface area (Å²) in [7, 11) is 0. The molecule has 0 aliphatic heterocycles. The van der Waals surface area contributed by atoms with Crippen molar-refractivity contribution < 1.29 is 9.90 Å². The molecule has 0 unspecified atom stereocenters. The molecule has 0 saturated heterocycles. The van der Waals surface area contributed by atoms with E-state index in [1.807, 2.05) is 13.8 Å². The molecule has 2 amide bonds. The maximum atomic E-state index is 11.4. The SMILES string of the molecule is CCc1nnc(NC(=O)N[C@H](C)CCO)s1. The maximum absolute atomic E-state index is 11.4. The summed E-state index contributed by atoms with van der Waals surface area (Å²) < 4.78 is 0. The molecule has 0 fully saturated rings. The number of carbonyl (C=O) groups excluding carboxylic acids is 1. The van der Waals surface area contributed by atoms with Gasteiger partial charge in [0.15, 0.2) is 0 Å². The Bertz CT molecular complexity index is 342. The average molecular weight is 244 g/mol. The van der Waals surface area contributed by atoms with Crippen molar-refractivity contribution in [3.8, 4) is 0 Å². The van der Waals surface area contributed by atoms with Gasteiger partial charge in [0.05, 0.1) is 0 Å². The highest BCUT2D eigenvalue weighted by Gasteiger charge is 2.09. The molecule has 0 saturated carbocycles. The number of carbonyl (C=O) groups is 1. The molecule has 1 atom stereocenters. The van der Waals surface area contributed by atoms with Gasteiger partial charge in [-0.1, -0.05) is 18.3 Å². The van der Waals surface area contributed by atoms with Crippen molar-refractivity contribution in [3.63, 3.8) is 0 Å². The Morgan fingerprint density at radius 2 is 2.31 bits per heavy atom. The molecule has 1 aromatic rings. The van der Waals surface area contributed by atoms with Crippen LogP contribution in [-0.4, -0.2) is 34.0 Å². The van der Waals surface area contributed by atoms with Gasteiger partial charge in [-0.2, -0.15) is 0 Å². The van der Waals surface area contributed by atoms with Crippen molar-refractivity contribution in [2.45, 2.75) is 32.7 Å². The Hall–Kier alpha value is -1.21. The molecule has 90 valence electrons. The molecule has 1 heterocycles. The Balaban J connectivity index is 2.39. The topological polar surface area (TPSA) is 87.1 Å². The van der Waals surface area contributed by atoms with Crippen LogP contribution in [0.25, 0.3) is 0 Å². The molecule has 3 N–H and O–H groups in total. The highest BCUT2D eigenvalue weighted by molar-refractivity contribution is 7.15. The standard InChI is InChI=1S/C9H16N4O2S/c1-3-7-12-13-9(16-7)11-8(15)10-6(2)4-5-14/h6,14H,3-5H2,1-2H3,(H2,10,11,13,15)/t6-/m1/s1. The largest absolute Gasteiger partial charge is 0.396 e. The molecule has 0 aliphatic rings. The molecular formula is C9H16N4O2S. The summed E-state index contributed by atoms with van der Waals surface area (Å²) in [6.45, 7) is 3.86. The molecule has 16 heavy (non-hydrogen) atoms. The first-order valence-electron chi connectivity index (χ1n) is 5.16. The van der Waals surface area contributed by atoms with Gasteiger partial charge in [0, 0.05) is 12.6 Å². The smallest absolute Gasteiger partial charge is 0.321 e. The monoisotopic (exact) mass is 244 g/mol. The number of anilines is 1. The minimum absolute atomic E-state index is 0.0558. The second kappa shape index (κ2) is 6.39. The minimum atomic E-state index is -0.320. The van der Waals surface area contributed by atoms with Crippen molar-refractivity contribution in [2.24, 2.45) is 0 Å². The molecular weight excluding hydrogens is 228 g/mol.